The predicted molar refractivity (Wildman–Crippen MR) is 138 cm³/mol. The zero-order chi connectivity index (χ0) is 23.9. The van der Waals surface area contributed by atoms with Crippen LogP contribution in [0, 0.1) is 31.1 Å². The van der Waals surface area contributed by atoms with Crippen LogP contribution in [-0.2, 0) is 17.6 Å². The van der Waals surface area contributed by atoms with Crippen molar-refractivity contribution in [2.24, 2.45) is 5.92 Å². The average Bonchev–Trinajstić information content (AvgIpc) is 2.81. The second-order valence-corrected chi connectivity index (χ2v) is 9.16. The summed E-state index contributed by atoms with van der Waals surface area (Å²) in [6.07, 6.45) is 1.51. The summed E-state index contributed by atoms with van der Waals surface area (Å²) >= 11 is 0. The molecule has 3 aromatic carbocycles. The highest BCUT2D eigenvalue weighted by Gasteiger charge is 2.34. The molecule has 0 radical (unpaired) electrons. The number of carbonyl (C=O) groups is 1. The van der Waals surface area contributed by atoms with Gasteiger partial charge in [-0.25, -0.2) is 0 Å². The van der Waals surface area contributed by atoms with E-state index >= 15 is 0 Å². The van der Waals surface area contributed by atoms with Gasteiger partial charge in [0.15, 0.2) is 0 Å². The van der Waals surface area contributed by atoms with Gasteiger partial charge in [0.05, 0.1) is 23.4 Å². The molecule has 5 nitrogen and oxygen atoms in total. The van der Waals surface area contributed by atoms with Crippen LogP contribution < -0.4 is 10.6 Å². The molecule has 0 saturated carbocycles. The molecule has 0 aliphatic carbocycles. The van der Waals surface area contributed by atoms with E-state index in [0.717, 1.165) is 29.9 Å². The number of nitriles is 1. The summed E-state index contributed by atoms with van der Waals surface area (Å²) < 4.78 is 0. The number of carbonyl (C=O) groups excluding carboxylic acids is 1. The second-order valence-electron chi connectivity index (χ2n) is 9.16. The minimum atomic E-state index is -0.401. The van der Waals surface area contributed by atoms with Gasteiger partial charge in [0.1, 0.15) is 6.04 Å². The van der Waals surface area contributed by atoms with Crippen molar-refractivity contribution >= 4 is 17.3 Å². The van der Waals surface area contributed by atoms with Gasteiger partial charge in [0.25, 0.3) is 0 Å². The predicted octanol–water partition coefficient (Wildman–Crippen LogP) is 4.96. The van der Waals surface area contributed by atoms with E-state index in [2.05, 4.69) is 79.1 Å². The Morgan fingerprint density at radius 2 is 1.53 bits per heavy atom. The number of nitrogens with one attached hydrogen (secondary N) is 2. The number of rotatable bonds is 9. The highest BCUT2D eigenvalue weighted by molar-refractivity contribution is 5.87. The van der Waals surface area contributed by atoms with Gasteiger partial charge in [-0.3, -0.25) is 4.79 Å². The zero-order valence-electron chi connectivity index (χ0n) is 19.9. The minimum absolute atomic E-state index is 0.0431. The number of amides is 1. The lowest BCUT2D eigenvalue weighted by Crippen LogP contribution is -2.54. The highest BCUT2D eigenvalue weighted by atomic mass is 16.2. The van der Waals surface area contributed by atoms with E-state index in [9.17, 15) is 4.79 Å². The summed E-state index contributed by atoms with van der Waals surface area (Å²) in [5, 5.41) is 16.2. The third-order valence-electron chi connectivity index (χ3n) is 6.34. The van der Waals surface area contributed by atoms with Gasteiger partial charge in [-0.1, -0.05) is 71.8 Å². The van der Waals surface area contributed by atoms with Crippen molar-refractivity contribution in [2.45, 2.75) is 32.7 Å². The van der Waals surface area contributed by atoms with E-state index in [1.165, 1.54) is 16.7 Å². The summed E-state index contributed by atoms with van der Waals surface area (Å²) in [4.78, 5) is 15.1. The third-order valence-corrected chi connectivity index (χ3v) is 6.34. The Morgan fingerprint density at radius 3 is 2.15 bits per heavy atom. The maximum atomic E-state index is 13.3. The van der Waals surface area contributed by atoms with Crippen LogP contribution in [0.5, 0.6) is 0 Å². The van der Waals surface area contributed by atoms with Crippen LogP contribution >= 0.6 is 0 Å². The van der Waals surface area contributed by atoms with Crippen molar-refractivity contribution < 1.29 is 4.79 Å². The standard InChI is InChI=1S/C29H32N4O/c1-21-7-11-23(12-8-21)15-16-31-26-5-3-4-6-27(26)32-28(17-24-13-9-22(2)10-14-24)29(34)33-19-25(18-30)20-33/h3-14,25,28,31-32H,15-17,19-20H2,1-2H3/t28-/m0/s1. The number of hydrogen-bond acceptors (Lipinski definition) is 4. The van der Waals surface area contributed by atoms with Crippen LogP contribution in [0.2, 0.25) is 0 Å². The maximum Gasteiger partial charge on any atom is 0.245 e. The number of benzene rings is 3. The fourth-order valence-electron chi connectivity index (χ4n) is 4.17. The molecule has 1 aliphatic heterocycles. The number of likely N-dealkylation sites (tertiary alicyclic amines) is 1. The van der Waals surface area contributed by atoms with Crippen molar-refractivity contribution in [3.8, 4) is 6.07 Å². The van der Waals surface area contributed by atoms with Gasteiger partial charge in [-0.05, 0) is 43.5 Å². The van der Waals surface area contributed by atoms with Crippen molar-refractivity contribution in [1.29, 1.82) is 5.26 Å². The van der Waals surface area contributed by atoms with Crippen LogP contribution in [-0.4, -0.2) is 36.5 Å². The zero-order valence-corrected chi connectivity index (χ0v) is 19.9. The first-order valence-corrected chi connectivity index (χ1v) is 11.9. The van der Waals surface area contributed by atoms with Gasteiger partial charge in [-0.2, -0.15) is 5.26 Å². The first-order valence-electron chi connectivity index (χ1n) is 11.9. The molecule has 1 fully saturated rings. The van der Waals surface area contributed by atoms with Gasteiger partial charge in [0, 0.05) is 26.1 Å². The van der Waals surface area contributed by atoms with E-state index in [0.29, 0.717) is 19.5 Å². The van der Waals surface area contributed by atoms with Crippen molar-refractivity contribution in [2.75, 3.05) is 30.3 Å². The third kappa shape index (κ3) is 5.96. The Kier molecular flexibility index (Phi) is 7.49. The molecule has 1 amide bonds. The van der Waals surface area contributed by atoms with Crippen LogP contribution in [0.15, 0.2) is 72.8 Å². The van der Waals surface area contributed by atoms with Crippen molar-refractivity contribution in [3.05, 3.63) is 95.1 Å². The van der Waals surface area contributed by atoms with Gasteiger partial charge >= 0.3 is 0 Å². The summed E-state index contributed by atoms with van der Waals surface area (Å²) in [6, 6.07) is 26.8. The minimum Gasteiger partial charge on any atom is -0.383 e. The first kappa shape index (κ1) is 23.4. The van der Waals surface area contributed by atoms with Gasteiger partial charge in [0.2, 0.25) is 5.91 Å². The van der Waals surface area contributed by atoms with Gasteiger partial charge in [-0.15, -0.1) is 0 Å². The van der Waals surface area contributed by atoms with Gasteiger partial charge < -0.3 is 15.5 Å². The fraction of sp³-hybridized carbons (Fsp3) is 0.310. The number of hydrogen-bond donors (Lipinski definition) is 2. The molecule has 0 bridgehead atoms. The largest absolute Gasteiger partial charge is 0.383 e. The van der Waals surface area contributed by atoms with E-state index in [1.54, 1.807) is 4.90 Å². The Morgan fingerprint density at radius 1 is 0.941 bits per heavy atom. The molecule has 1 heterocycles. The molecule has 0 aromatic heterocycles. The van der Waals surface area contributed by atoms with E-state index < -0.39 is 6.04 Å². The number of para-hydroxylation sites is 2. The number of anilines is 2. The summed E-state index contributed by atoms with van der Waals surface area (Å²) in [5.41, 5.74) is 6.75. The Hall–Kier alpha value is -3.78. The molecule has 0 spiro atoms. The smallest absolute Gasteiger partial charge is 0.245 e. The number of aryl methyl sites for hydroxylation is 2. The normalized spacial score (nSPS) is 14.1. The monoisotopic (exact) mass is 452 g/mol. The molecule has 34 heavy (non-hydrogen) atoms. The molecule has 3 aromatic rings. The van der Waals surface area contributed by atoms with Crippen molar-refractivity contribution in [1.82, 2.24) is 4.90 Å². The highest BCUT2D eigenvalue weighted by Crippen LogP contribution is 2.25. The summed E-state index contributed by atoms with van der Waals surface area (Å²) in [5.74, 6) is -0.0127. The van der Waals surface area contributed by atoms with E-state index in [1.807, 2.05) is 24.3 Å². The molecule has 174 valence electrons. The first-order chi connectivity index (χ1) is 16.5. The van der Waals surface area contributed by atoms with E-state index in [-0.39, 0.29) is 11.8 Å². The topological polar surface area (TPSA) is 68.2 Å². The quantitative estimate of drug-likeness (QED) is 0.481. The molecule has 4 rings (SSSR count). The molecule has 5 heteroatoms. The Balaban J connectivity index is 1.46. The second kappa shape index (κ2) is 10.9. The molecule has 1 saturated heterocycles. The SMILES string of the molecule is Cc1ccc(CCNc2ccccc2N[C@@H](Cc2ccc(C)cc2)C(=O)N2CC(C#N)C2)cc1. The van der Waals surface area contributed by atoms with Crippen LogP contribution in [0.3, 0.4) is 0 Å². The summed E-state index contributed by atoms with van der Waals surface area (Å²) in [6.45, 7) is 5.98. The molecular formula is C29H32N4O. The lowest BCUT2D eigenvalue weighted by Gasteiger charge is -2.38. The lowest BCUT2D eigenvalue weighted by molar-refractivity contribution is -0.137. The Bertz CT molecular complexity index is 1140. The Labute approximate surface area is 202 Å². The van der Waals surface area contributed by atoms with E-state index in [4.69, 9.17) is 5.26 Å². The van der Waals surface area contributed by atoms with Crippen LogP contribution in [0.25, 0.3) is 0 Å². The molecule has 1 aliphatic rings. The number of nitrogens with zero attached hydrogens (tertiary/aromatic N) is 2. The van der Waals surface area contributed by atoms with Crippen LogP contribution in [0.1, 0.15) is 22.3 Å². The summed E-state index contributed by atoms with van der Waals surface area (Å²) in [7, 11) is 0. The molecule has 2 N–H and O–H groups in total. The molecular weight excluding hydrogens is 420 g/mol. The molecule has 0 unspecified atom stereocenters. The molecule has 1 atom stereocenters. The van der Waals surface area contributed by atoms with Crippen LogP contribution in [0.4, 0.5) is 11.4 Å². The lowest BCUT2D eigenvalue weighted by atomic mass is 9.97. The fourth-order valence-corrected chi connectivity index (χ4v) is 4.17. The maximum absolute atomic E-state index is 13.3. The average molecular weight is 453 g/mol. The van der Waals surface area contributed by atoms with Crippen molar-refractivity contribution in [3.63, 3.8) is 0 Å².